The van der Waals surface area contributed by atoms with Crippen molar-refractivity contribution in [3.05, 3.63) is 0 Å². The van der Waals surface area contributed by atoms with Gasteiger partial charge in [0.2, 0.25) is 5.91 Å². The van der Waals surface area contributed by atoms with Crippen molar-refractivity contribution in [1.29, 1.82) is 0 Å². The molecule has 130 valence electrons. The van der Waals surface area contributed by atoms with E-state index < -0.39 is 11.6 Å². The zero-order chi connectivity index (χ0) is 15.7. The monoisotopic (exact) mass is 344 g/mol. The Hall–Kier alpha value is -1.34. The van der Waals surface area contributed by atoms with Crippen LogP contribution in [0.3, 0.4) is 0 Å². The fourth-order valence-corrected chi connectivity index (χ4v) is 3.73. The molecule has 3 aliphatic rings. The topological polar surface area (TPSA) is 81.8 Å². The number of nitrogens with zero attached hydrogens (tertiary/aromatic N) is 2. The number of nitrogens with one attached hydrogen (secondary N) is 2. The van der Waals surface area contributed by atoms with Gasteiger partial charge in [0.05, 0.1) is 0 Å². The Labute approximate surface area is 142 Å². The molecule has 0 radical (unpaired) electrons. The van der Waals surface area contributed by atoms with Gasteiger partial charge in [-0.3, -0.25) is 14.5 Å². The molecule has 2 saturated heterocycles. The van der Waals surface area contributed by atoms with Crippen LogP contribution < -0.4 is 10.6 Å². The van der Waals surface area contributed by atoms with Crippen LogP contribution in [0.1, 0.15) is 38.5 Å². The van der Waals surface area contributed by atoms with Crippen LogP contribution in [0.4, 0.5) is 4.79 Å². The van der Waals surface area contributed by atoms with E-state index in [-0.39, 0.29) is 36.8 Å². The fraction of sp³-hybridized carbons (Fsp3) is 0.800. The van der Waals surface area contributed by atoms with Crippen molar-refractivity contribution in [3.63, 3.8) is 0 Å². The molecule has 1 spiro atoms. The molecule has 2 N–H and O–H groups in total. The number of rotatable bonds is 3. The van der Waals surface area contributed by atoms with E-state index in [4.69, 9.17) is 0 Å². The number of urea groups is 1. The number of imide groups is 1. The lowest BCUT2D eigenvalue weighted by Crippen LogP contribution is -2.49. The first-order valence-electron chi connectivity index (χ1n) is 8.14. The number of likely N-dealkylation sites (N-methyl/N-ethyl adjacent to an activating group) is 1. The minimum atomic E-state index is -0.747. The van der Waals surface area contributed by atoms with Gasteiger partial charge in [-0.15, -0.1) is 12.4 Å². The molecule has 3 fully saturated rings. The molecule has 2 aliphatic heterocycles. The Morgan fingerprint density at radius 1 is 1.30 bits per heavy atom. The van der Waals surface area contributed by atoms with E-state index in [2.05, 4.69) is 10.6 Å². The average molecular weight is 345 g/mol. The standard InChI is InChI=1S/C15H24N4O3.ClH/c1-18(11-5-8-16-9-11)12(20)10-19-13(21)15(17-14(19)22)6-3-2-4-7-15;/h11,16H,2-10H2,1H3,(H,17,22);1H. The molecular weight excluding hydrogens is 320 g/mol. The molecule has 1 aliphatic carbocycles. The summed E-state index contributed by atoms with van der Waals surface area (Å²) in [5.74, 6) is -0.395. The summed E-state index contributed by atoms with van der Waals surface area (Å²) >= 11 is 0. The summed E-state index contributed by atoms with van der Waals surface area (Å²) in [5.41, 5.74) is -0.747. The summed E-state index contributed by atoms with van der Waals surface area (Å²) in [6.07, 6.45) is 5.27. The van der Waals surface area contributed by atoms with Crippen LogP contribution >= 0.6 is 12.4 Å². The predicted octanol–water partition coefficient (Wildman–Crippen LogP) is 0.483. The number of amides is 4. The van der Waals surface area contributed by atoms with Crippen LogP contribution in [-0.4, -0.2) is 65.9 Å². The van der Waals surface area contributed by atoms with E-state index in [0.717, 1.165) is 43.7 Å². The van der Waals surface area contributed by atoms with Gasteiger partial charge in [0.25, 0.3) is 5.91 Å². The second-order valence-electron chi connectivity index (χ2n) is 6.62. The summed E-state index contributed by atoms with van der Waals surface area (Å²) < 4.78 is 0. The third-order valence-electron chi connectivity index (χ3n) is 5.22. The fourth-order valence-electron chi connectivity index (χ4n) is 3.73. The molecule has 0 bridgehead atoms. The molecule has 23 heavy (non-hydrogen) atoms. The quantitative estimate of drug-likeness (QED) is 0.730. The predicted molar refractivity (Wildman–Crippen MR) is 87.4 cm³/mol. The number of carbonyl (C=O) groups excluding carboxylic acids is 3. The minimum Gasteiger partial charge on any atom is -0.340 e. The average Bonchev–Trinajstić information content (AvgIpc) is 3.11. The van der Waals surface area contributed by atoms with Gasteiger partial charge in [-0.1, -0.05) is 19.3 Å². The van der Waals surface area contributed by atoms with Crippen LogP contribution in [0.5, 0.6) is 0 Å². The van der Waals surface area contributed by atoms with Crippen LogP contribution in [0.25, 0.3) is 0 Å². The highest BCUT2D eigenvalue weighted by atomic mass is 35.5. The minimum absolute atomic E-state index is 0. The molecule has 0 aromatic heterocycles. The second-order valence-corrected chi connectivity index (χ2v) is 6.62. The zero-order valence-electron chi connectivity index (χ0n) is 13.5. The highest BCUT2D eigenvalue weighted by Crippen LogP contribution is 2.33. The van der Waals surface area contributed by atoms with Crippen molar-refractivity contribution >= 4 is 30.3 Å². The summed E-state index contributed by atoms with van der Waals surface area (Å²) in [4.78, 5) is 39.9. The normalized spacial score (nSPS) is 26.1. The van der Waals surface area contributed by atoms with Gasteiger partial charge < -0.3 is 15.5 Å². The van der Waals surface area contributed by atoms with Crippen molar-refractivity contribution in [2.24, 2.45) is 0 Å². The van der Waals surface area contributed by atoms with E-state index in [1.165, 1.54) is 0 Å². The van der Waals surface area contributed by atoms with E-state index in [9.17, 15) is 14.4 Å². The molecule has 1 saturated carbocycles. The molecule has 0 aromatic carbocycles. The molecule has 4 amide bonds. The van der Waals surface area contributed by atoms with Gasteiger partial charge in [0.15, 0.2) is 0 Å². The van der Waals surface area contributed by atoms with Crippen molar-refractivity contribution in [2.75, 3.05) is 26.7 Å². The van der Waals surface area contributed by atoms with Crippen molar-refractivity contribution < 1.29 is 14.4 Å². The van der Waals surface area contributed by atoms with Gasteiger partial charge in [0.1, 0.15) is 12.1 Å². The van der Waals surface area contributed by atoms with Crippen molar-refractivity contribution in [1.82, 2.24) is 20.4 Å². The third kappa shape index (κ3) is 3.30. The zero-order valence-corrected chi connectivity index (χ0v) is 14.3. The largest absolute Gasteiger partial charge is 0.340 e. The maximum atomic E-state index is 12.6. The first kappa shape index (κ1) is 18.0. The summed E-state index contributed by atoms with van der Waals surface area (Å²) in [7, 11) is 1.74. The molecule has 1 atom stereocenters. The van der Waals surface area contributed by atoms with Gasteiger partial charge in [-0.2, -0.15) is 0 Å². The molecule has 3 rings (SSSR count). The van der Waals surface area contributed by atoms with Crippen LogP contribution in [0.2, 0.25) is 0 Å². The van der Waals surface area contributed by atoms with Gasteiger partial charge >= 0.3 is 6.03 Å². The number of hydrogen-bond acceptors (Lipinski definition) is 4. The maximum absolute atomic E-state index is 12.6. The molecule has 2 heterocycles. The SMILES string of the molecule is CN(C(=O)CN1C(=O)NC2(CCCCC2)C1=O)C1CCNC1.Cl. The highest BCUT2D eigenvalue weighted by Gasteiger charge is 2.51. The Kier molecular flexibility index (Phi) is 5.52. The first-order valence-corrected chi connectivity index (χ1v) is 8.14. The summed E-state index contributed by atoms with van der Waals surface area (Å²) in [6, 6.07) is -0.268. The van der Waals surface area contributed by atoms with Crippen LogP contribution in [-0.2, 0) is 9.59 Å². The number of hydrogen-bond donors (Lipinski definition) is 2. The number of carbonyl (C=O) groups is 3. The van der Waals surface area contributed by atoms with E-state index in [1.807, 2.05) is 0 Å². The molecule has 8 heteroatoms. The highest BCUT2D eigenvalue weighted by molar-refractivity contribution is 6.09. The van der Waals surface area contributed by atoms with Crippen molar-refractivity contribution in [2.45, 2.75) is 50.1 Å². The molecule has 1 unspecified atom stereocenters. The summed E-state index contributed by atoms with van der Waals surface area (Å²) in [6.45, 7) is 1.51. The smallest absolute Gasteiger partial charge is 0.325 e. The van der Waals surface area contributed by atoms with E-state index >= 15 is 0 Å². The van der Waals surface area contributed by atoms with E-state index in [1.54, 1.807) is 11.9 Å². The van der Waals surface area contributed by atoms with Gasteiger partial charge in [-0.25, -0.2) is 4.79 Å². The number of halogens is 1. The third-order valence-corrected chi connectivity index (χ3v) is 5.22. The summed E-state index contributed by atoms with van der Waals surface area (Å²) in [5, 5.41) is 6.05. The lowest BCUT2D eigenvalue weighted by Gasteiger charge is -2.30. The van der Waals surface area contributed by atoms with Crippen molar-refractivity contribution in [3.8, 4) is 0 Å². The first-order chi connectivity index (χ1) is 10.5. The Balaban J connectivity index is 0.00000192. The van der Waals surface area contributed by atoms with E-state index in [0.29, 0.717) is 12.8 Å². The maximum Gasteiger partial charge on any atom is 0.325 e. The van der Waals surface area contributed by atoms with Gasteiger partial charge in [0, 0.05) is 19.6 Å². The lowest BCUT2D eigenvalue weighted by molar-refractivity contribution is -0.139. The molecule has 7 nitrogen and oxygen atoms in total. The Morgan fingerprint density at radius 2 is 2.00 bits per heavy atom. The molecule has 0 aromatic rings. The molecular formula is C15H25ClN4O3. The Bertz CT molecular complexity index is 487. The van der Waals surface area contributed by atoms with Crippen LogP contribution in [0, 0.1) is 0 Å². The van der Waals surface area contributed by atoms with Gasteiger partial charge in [-0.05, 0) is 25.8 Å². The van der Waals surface area contributed by atoms with Crippen LogP contribution in [0.15, 0.2) is 0 Å². The second kappa shape index (κ2) is 7.05. The lowest BCUT2D eigenvalue weighted by atomic mass is 9.82. The Morgan fingerprint density at radius 3 is 2.61 bits per heavy atom.